The molecular weight excluding hydrogens is 376 g/mol. The van der Waals surface area contributed by atoms with Gasteiger partial charge in [0.2, 0.25) is 5.91 Å². The van der Waals surface area contributed by atoms with E-state index < -0.39 is 5.97 Å². The molecule has 0 bridgehead atoms. The molecule has 0 aliphatic carbocycles. The summed E-state index contributed by atoms with van der Waals surface area (Å²) in [5, 5.41) is 5.61. The maximum Gasteiger partial charge on any atom is 0.337 e. The Balaban J connectivity index is 1.60. The fraction of sp³-hybridized carbons (Fsp3) is 0.190. The van der Waals surface area contributed by atoms with Gasteiger partial charge in [-0.3, -0.25) is 4.79 Å². The molecule has 7 heteroatoms. The average Bonchev–Trinajstić information content (AvgIpc) is 3.20. The lowest BCUT2D eigenvalue weighted by atomic mass is 10.2. The predicted molar refractivity (Wildman–Crippen MR) is 109 cm³/mol. The molecule has 144 valence electrons. The number of benzene rings is 2. The van der Waals surface area contributed by atoms with E-state index in [4.69, 9.17) is 4.74 Å². The van der Waals surface area contributed by atoms with Crippen LogP contribution in [-0.4, -0.2) is 31.1 Å². The number of aromatic nitrogens is 1. The van der Waals surface area contributed by atoms with Crippen LogP contribution >= 0.6 is 11.3 Å². The van der Waals surface area contributed by atoms with E-state index in [0.29, 0.717) is 17.7 Å². The highest BCUT2D eigenvalue weighted by Gasteiger charge is 2.12. The second kappa shape index (κ2) is 9.14. The van der Waals surface area contributed by atoms with Gasteiger partial charge in [0.15, 0.2) is 0 Å². The molecule has 6 nitrogen and oxygen atoms in total. The minimum atomic E-state index is -0.442. The molecule has 2 aromatic carbocycles. The van der Waals surface area contributed by atoms with Gasteiger partial charge in [-0.25, -0.2) is 9.78 Å². The quantitative estimate of drug-likeness (QED) is 0.606. The number of carbonyl (C=O) groups excluding carboxylic acids is 2. The van der Waals surface area contributed by atoms with Crippen molar-refractivity contribution in [3.8, 4) is 16.3 Å². The van der Waals surface area contributed by atoms with Crippen LogP contribution < -0.4 is 10.1 Å². The molecular formula is C21H20N2O4S. The second-order valence-electron chi connectivity index (χ2n) is 5.96. The van der Waals surface area contributed by atoms with Gasteiger partial charge in [-0.15, -0.1) is 11.3 Å². The number of ether oxygens (including phenoxy) is 2. The number of esters is 1. The standard InChI is InChI=1S/C21H20N2O4S/c1-26-18-9-4-3-8-17(18)20-23-16(13-28-20)10-11-19(24)22-15-7-5-6-14(12-15)21(25)27-2/h3-9,12-13H,10-11H2,1-2H3,(H,22,24). The number of thiazole rings is 1. The van der Waals surface area contributed by atoms with E-state index in [9.17, 15) is 9.59 Å². The Kier molecular flexibility index (Phi) is 6.39. The van der Waals surface area contributed by atoms with Crippen LogP contribution in [0.15, 0.2) is 53.9 Å². The highest BCUT2D eigenvalue weighted by Crippen LogP contribution is 2.32. The number of hydrogen-bond acceptors (Lipinski definition) is 6. The van der Waals surface area contributed by atoms with Gasteiger partial charge in [-0.05, 0) is 36.8 Å². The number of amides is 1. The van der Waals surface area contributed by atoms with Crippen molar-refractivity contribution in [2.24, 2.45) is 0 Å². The number of rotatable bonds is 7. The summed E-state index contributed by atoms with van der Waals surface area (Å²) in [4.78, 5) is 28.4. The molecule has 0 radical (unpaired) electrons. The average molecular weight is 396 g/mol. The molecule has 1 aromatic heterocycles. The number of methoxy groups -OCH3 is 2. The third-order valence-corrected chi connectivity index (χ3v) is 4.99. The van der Waals surface area contributed by atoms with E-state index in [1.807, 2.05) is 29.6 Å². The Morgan fingerprint density at radius 1 is 1.11 bits per heavy atom. The number of anilines is 1. The largest absolute Gasteiger partial charge is 0.496 e. The van der Waals surface area contributed by atoms with E-state index in [2.05, 4.69) is 15.0 Å². The number of aryl methyl sites for hydroxylation is 1. The van der Waals surface area contributed by atoms with Crippen LogP contribution in [0.2, 0.25) is 0 Å². The minimum absolute atomic E-state index is 0.145. The molecule has 0 saturated heterocycles. The van der Waals surface area contributed by atoms with Crippen molar-refractivity contribution < 1.29 is 19.1 Å². The van der Waals surface area contributed by atoms with Gasteiger partial charge in [0.25, 0.3) is 0 Å². The molecule has 0 unspecified atom stereocenters. The number of para-hydroxylation sites is 1. The lowest BCUT2D eigenvalue weighted by molar-refractivity contribution is -0.116. The second-order valence-corrected chi connectivity index (χ2v) is 6.82. The topological polar surface area (TPSA) is 77.5 Å². The van der Waals surface area contributed by atoms with Crippen LogP contribution in [-0.2, 0) is 16.0 Å². The molecule has 0 atom stereocenters. The fourth-order valence-electron chi connectivity index (χ4n) is 2.67. The molecule has 0 aliphatic rings. The van der Waals surface area contributed by atoms with Crippen LogP contribution in [0, 0.1) is 0 Å². The van der Waals surface area contributed by atoms with Crippen LogP contribution in [0.25, 0.3) is 10.6 Å². The molecule has 28 heavy (non-hydrogen) atoms. The first-order chi connectivity index (χ1) is 13.6. The summed E-state index contributed by atoms with van der Waals surface area (Å²) in [6.07, 6.45) is 0.811. The van der Waals surface area contributed by atoms with Gasteiger partial charge in [-0.2, -0.15) is 0 Å². The first kappa shape index (κ1) is 19.6. The zero-order chi connectivity index (χ0) is 19.9. The molecule has 0 spiro atoms. The van der Waals surface area contributed by atoms with Crippen LogP contribution in [0.4, 0.5) is 5.69 Å². The highest BCUT2D eigenvalue weighted by atomic mass is 32.1. The van der Waals surface area contributed by atoms with Crippen molar-refractivity contribution in [1.29, 1.82) is 0 Å². The first-order valence-corrected chi connectivity index (χ1v) is 9.54. The number of nitrogens with one attached hydrogen (secondary N) is 1. The monoisotopic (exact) mass is 396 g/mol. The third kappa shape index (κ3) is 4.75. The van der Waals surface area contributed by atoms with Gasteiger partial charge < -0.3 is 14.8 Å². The smallest absolute Gasteiger partial charge is 0.337 e. The predicted octanol–water partition coefficient (Wildman–Crippen LogP) is 4.18. The Bertz CT molecular complexity index is 984. The Morgan fingerprint density at radius 2 is 1.93 bits per heavy atom. The van der Waals surface area contributed by atoms with E-state index in [-0.39, 0.29) is 12.3 Å². The summed E-state index contributed by atoms with van der Waals surface area (Å²) >= 11 is 1.52. The van der Waals surface area contributed by atoms with Crippen molar-refractivity contribution in [3.05, 3.63) is 65.2 Å². The molecule has 1 N–H and O–H groups in total. The molecule has 3 rings (SSSR count). The Labute approximate surface area is 167 Å². The van der Waals surface area contributed by atoms with Crippen molar-refractivity contribution >= 4 is 28.9 Å². The van der Waals surface area contributed by atoms with E-state index >= 15 is 0 Å². The lowest BCUT2D eigenvalue weighted by Gasteiger charge is -2.06. The van der Waals surface area contributed by atoms with Crippen molar-refractivity contribution in [2.45, 2.75) is 12.8 Å². The van der Waals surface area contributed by atoms with Gasteiger partial charge in [-0.1, -0.05) is 18.2 Å². The highest BCUT2D eigenvalue weighted by molar-refractivity contribution is 7.13. The zero-order valence-electron chi connectivity index (χ0n) is 15.6. The Morgan fingerprint density at radius 3 is 2.71 bits per heavy atom. The lowest BCUT2D eigenvalue weighted by Crippen LogP contribution is -2.13. The maximum absolute atomic E-state index is 12.2. The molecule has 0 saturated carbocycles. The van der Waals surface area contributed by atoms with Crippen molar-refractivity contribution in [2.75, 3.05) is 19.5 Å². The number of nitrogens with zero attached hydrogens (tertiary/aromatic N) is 1. The molecule has 0 aliphatic heterocycles. The van der Waals surface area contributed by atoms with E-state index in [0.717, 1.165) is 22.0 Å². The molecule has 3 aromatic rings. The first-order valence-electron chi connectivity index (χ1n) is 8.66. The summed E-state index contributed by atoms with van der Waals surface area (Å²) in [5.74, 6) is 0.183. The van der Waals surface area contributed by atoms with Crippen molar-refractivity contribution in [3.63, 3.8) is 0 Å². The summed E-state index contributed by atoms with van der Waals surface area (Å²) in [6.45, 7) is 0. The summed E-state index contributed by atoms with van der Waals surface area (Å²) in [7, 11) is 2.95. The van der Waals surface area contributed by atoms with Crippen molar-refractivity contribution in [1.82, 2.24) is 4.98 Å². The van der Waals surface area contributed by atoms with Crippen LogP contribution in [0.5, 0.6) is 5.75 Å². The zero-order valence-corrected chi connectivity index (χ0v) is 16.4. The van der Waals surface area contributed by atoms with Gasteiger partial charge >= 0.3 is 5.97 Å². The number of carbonyl (C=O) groups is 2. The normalized spacial score (nSPS) is 10.4. The third-order valence-electron chi connectivity index (χ3n) is 4.06. The summed E-state index contributed by atoms with van der Waals surface area (Å²) < 4.78 is 10.1. The Hall–Kier alpha value is -3.19. The minimum Gasteiger partial charge on any atom is -0.496 e. The fourth-order valence-corrected chi connectivity index (χ4v) is 3.56. The summed E-state index contributed by atoms with van der Waals surface area (Å²) in [6, 6.07) is 14.4. The van der Waals surface area contributed by atoms with Gasteiger partial charge in [0.1, 0.15) is 10.8 Å². The number of hydrogen-bond donors (Lipinski definition) is 1. The molecule has 0 fully saturated rings. The summed E-state index contributed by atoms with van der Waals surface area (Å²) in [5.41, 5.74) is 2.73. The van der Waals surface area contributed by atoms with E-state index in [1.54, 1.807) is 31.4 Å². The molecule has 1 heterocycles. The SMILES string of the molecule is COC(=O)c1cccc(NC(=O)CCc2csc(-c3ccccc3OC)n2)c1. The van der Waals surface area contributed by atoms with E-state index in [1.165, 1.54) is 18.4 Å². The van der Waals surface area contributed by atoms with Gasteiger partial charge in [0.05, 0.1) is 31.0 Å². The van der Waals surface area contributed by atoms with Gasteiger partial charge in [0, 0.05) is 17.5 Å². The van der Waals surface area contributed by atoms with Crippen LogP contribution in [0.1, 0.15) is 22.5 Å². The van der Waals surface area contributed by atoms with Crippen LogP contribution in [0.3, 0.4) is 0 Å². The maximum atomic E-state index is 12.2. The molecule has 1 amide bonds.